The molecular formula is C31H32Cl3N3O4. The summed E-state index contributed by atoms with van der Waals surface area (Å²) in [5, 5.41) is 1.00. The zero-order chi connectivity index (χ0) is 28.8. The monoisotopic (exact) mass is 615 g/mol. The molecule has 1 heterocycles. The predicted octanol–water partition coefficient (Wildman–Crippen LogP) is 6.32. The molecular weight excluding hydrogens is 585 g/mol. The van der Waals surface area contributed by atoms with E-state index in [9.17, 15) is 9.59 Å². The third-order valence-electron chi connectivity index (χ3n) is 6.79. The molecule has 0 radical (unpaired) electrons. The Hall–Kier alpha value is -3.25. The summed E-state index contributed by atoms with van der Waals surface area (Å²) in [4.78, 5) is 32.2. The fourth-order valence-corrected chi connectivity index (χ4v) is 5.17. The van der Waals surface area contributed by atoms with Crippen LogP contribution in [0, 0.1) is 11.8 Å². The Balaban J connectivity index is 0.00000462. The molecule has 10 heteroatoms. The molecule has 41 heavy (non-hydrogen) atoms. The maximum absolute atomic E-state index is 14.5. The Labute approximate surface area is 256 Å². The standard InChI is InChI=1S/C31H31Cl2N3O4.ClH/c1-4-5-21-6-13-28-26(18-21)30(37)36(20(2)25-12-11-24(33)19-27(25)34)29(22-7-9-23(32)10-8-22)31(38)35(28)14-15-40-17-16-39-3;/h6-13,18-20,29H,14-17,34H2,1-3H3;1H. The maximum Gasteiger partial charge on any atom is 0.257 e. The SMILES string of the molecule is CC#Cc1ccc2c(c1)C(=O)N(C(C)c1ccc(Cl)cc1N)C(c1ccc(Cl)cc1)C(=O)N2CCOCCOC.Cl. The highest BCUT2D eigenvalue weighted by Crippen LogP contribution is 2.41. The van der Waals surface area contributed by atoms with E-state index < -0.39 is 12.1 Å². The molecule has 3 aromatic rings. The van der Waals surface area contributed by atoms with Crippen molar-refractivity contribution in [1.82, 2.24) is 4.90 Å². The third-order valence-corrected chi connectivity index (χ3v) is 7.28. The van der Waals surface area contributed by atoms with Gasteiger partial charge in [-0.2, -0.15) is 0 Å². The van der Waals surface area contributed by atoms with Gasteiger partial charge in [-0.1, -0.05) is 47.3 Å². The number of nitrogens with zero attached hydrogens (tertiary/aromatic N) is 2. The number of halogens is 3. The Morgan fingerprint density at radius 1 is 0.976 bits per heavy atom. The van der Waals surface area contributed by atoms with Crippen LogP contribution in [0.1, 0.15) is 53.0 Å². The van der Waals surface area contributed by atoms with Gasteiger partial charge < -0.3 is 25.0 Å². The summed E-state index contributed by atoms with van der Waals surface area (Å²) in [7, 11) is 1.60. The number of hydrogen-bond acceptors (Lipinski definition) is 5. The van der Waals surface area contributed by atoms with E-state index in [0.29, 0.717) is 56.9 Å². The van der Waals surface area contributed by atoms with Crippen molar-refractivity contribution in [2.45, 2.75) is 25.9 Å². The number of nitrogen functional groups attached to an aromatic ring is 1. The van der Waals surface area contributed by atoms with E-state index >= 15 is 0 Å². The molecule has 1 aliphatic heterocycles. The first-order valence-corrected chi connectivity index (χ1v) is 13.6. The lowest BCUT2D eigenvalue weighted by Gasteiger charge is -2.36. The van der Waals surface area contributed by atoms with Crippen molar-refractivity contribution in [1.29, 1.82) is 0 Å². The lowest BCUT2D eigenvalue weighted by molar-refractivity contribution is -0.124. The number of methoxy groups -OCH3 is 1. The van der Waals surface area contributed by atoms with Crippen molar-refractivity contribution in [3.63, 3.8) is 0 Å². The number of amides is 2. The third kappa shape index (κ3) is 7.16. The van der Waals surface area contributed by atoms with Gasteiger partial charge in [0.1, 0.15) is 6.04 Å². The summed E-state index contributed by atoms with van der Waals surface area (Å²) in [5.41, 5.74) is 9.60. The zero-order valence-corrected chi connectivity index (χ0v) is 25.4. The number of rotatable bonds is 9. The topological polar surface area (TPSA) is 85.1 Å². The lowest BCUT2D eigenvalue weighted by Crippen LogP contribution is -2.44. The minimum atomic E-state index is -0.970. The molecule has 0 aliphatic carbocycles. The van der Waals surface area contributed by atoms with E-state index in [0.717, 1.165) is 0 Å². The van der Waals surface area contributed by atoms with Crippen molar-refractivity contribution in [3.05, 3.63) is 93.0 Å². The second kappa shape index (κ2) is 14.6. The van der Waals surface area contributed by atoms with Crippen molar-refractivity contribution in [2.24, 2.45) is 0 Å². The number of anilines is 2. The molecule has 2 unspecified atom stereocenters. The molecule has 0 spiro atoms. The first-order chi connectivity index (χ1) is 19.3. The molecule has 7 nitrogen and oxygen atoms in total. The number of ether oxygens (including phenoxy) is 2. The van der Waals surface area contributed by atoms with E-state index in [1.165, 1.54) is 0 Å². The molecule has 216 valence electrons. The quantitative estimate of drug-likeness (QED) is 0.173. The van der Waals surface area contributed by atoms with E-state index in [1.54, 1.807) is 78.4 Å². The van der Waals surface area contributed by atoms with Crippen LogP contribution in [0.15, 0.2) is 60.7 Å². The van der Waals surface area contributed by atoms with Crippen LogP contribution in [0.3, 0.4) is 0 Å². The Morgan fingerprint density at radius 2 is 1.68 bits per heavy atom. The molecule has 3 aromatic carbocycles. The molecule has 0 saturated heterocycles. The molecule has 1 aliphatic rings. The van der Waals surface area contributed by atoms with Crippen LogP contribution in [-0.4, -0.2) is 50.2 Å². The Bertz CT molecular complexity index is 1450. The lowest BCUT2D eigenvalue weighted by atomic mass is 9.97. The fraction of sp³-hybridized carbons (Fsp3) is 0.290. The molecule has 0 fully saturated rings. The average Bonchev–Trinajstić information content (AvgIpc) is 3.02. The number of hydrogen-bond donors (Lipinski definition) is 1. The second-order valence-electron chi connectivity index (χ2n) is 9.32. The average molecular weight is 617 g/mol. The van der Waals surface area contributed by atoms with Gasteiger partial charge in [0.2, 0.25) is 0 Å². The first-order valence-electron chi connectivity index (χ1n) is 12.8. The fourth-order valence-electron chi connectivity index (χ4n) is 4.86. The normalized spacial score (nSPS) is 15.4. The summed E-state index contributed by atoms with van der Waals surface area (Å²) >= 11 is 12.4. The largest absolute Gasteiger partial charge is 0.398 e. The number of fused-ring (bicyclic) bond motifs is 1. The Kier molecular flexibility index (Phi) is 11.5. The van der Waals surface area contributed by atoms with Crippen molar-refractivity contribution < 1.29 is 19.1 Å². The van der Waals surface area contributed by atoms with Crippen LogP contribution in [0.4, 0.5) is 11.4 Å². The highest BCUT2D eigenvalue weighted by atomic mass is 35.5. The Morgan fingerprint density at radius 3 is 2.34 bits per heavy atom. The van der Waals surface area contributed by atoms with Crippen LogP contribution in [0.5, 0.6) is 0 Å². The number of benzene rings is 3. The molecule has 2 amide bonds. The van der Waals surface area contributed by atoms with Gasteiger partial charge in [-0.25, -0.2) is 0 Å². The zero-order valence-electron chi connectivity index (χ0n) is 23.0. The van der Waals surface area contributed by atoms with E-state index in [2.05, 4.69) is 11.8 Å². The molecule has 2 N–H and O–H groups in total. The van der Waals surface area contributed by atoms with E-state index in [1.807, 2.05) is 13.0 Å². The van der Waals surface area contributed by atoms with E-state index in [-0.39, 0.29) is 37.4 Å². The highest BCUT2D eigenvalue weighted by molar-refractivity contribution is 6.31. The summed E-state index contributed by atoms with van der Waals surface area (Å²) in [6.45, 7) is 4.89. The van der Waals surface area contributed by atoms with Gasteiger partial charge >= 0.3 is 0 Å². The van der Waals surface area contributed by atoms with Crippen LogP contribution in [-0.2, 0) is 14.3 Å². The minimum Gasteiger partial charge on any atom is -0.398 e. The summed E-state index contributed by atoms with van der Waals surface area (Å²) < 4.78 is 10.8. The van der Waals surface area contributed by atoms with Crippen LogP contribution in [0.25, 0.3) is 0 Å². The minimum absolute atomic E-state index is 0. The van der Waals surface area contributed by atoms with Crippen LogP contribution in [0.2, 0.25) is 10.0 Å². The van der Waals surface area contributed by atoms with Crippen molar-refractivity contribution in [2.75, 3.05) is 44.1 Å². The maximum atomic E-state index is 14.5. The van der Waals surface area contributed by atoms with Gasteiger partial charge in [0.15, 0.2) is 0 Å². The number of carbonyl (C=O) groups excluding carboxylic acids is 2. The van der Waals surface area contributed by atoms with Crippen molar-refractivity contribution in [3.8, 4) is 11.8 Å². The molecule has 0 aromatic heterocycles. The molecule has 0 saturated carbocycles. The van der Waals surface area contributed by atoms with Gasteiger partial charge in [0.05, 0.1) is 37.1 Å². The summed E-state index contributed by atoms with van der Waals surface area (Å²) in [6, 6.07) is 15.8. The smallest absolute Gasteiger partial charge is 0.257 e. The van der Waals surface area contributed by atoms with E-state index in [4.69, 9.17) is 38.4 Å². The highest BCUT2D eigenvalue weighted by Gasteiger charge is 2.43. The van der Waals surface area contributed by atoms with Crippen molar-refractivity contribution >= 4 is 58.8 Å². The van der Waals surface area contributed by atoms with Gasteiger partial charge in [-0.3, -0.25) is 9.59 Å². The second-order valence-corrected chi connectivity index (χ2v) is 10.2. The predicted molar refractivity (Wildman–Crippen MR) is 166 cm³/mol. The van der Waals surface area contributed by atoms with Gasteiger partial charge in [0, 0.05) is 35.0 Å². The summed E-state index contributed by atoms with van der Waals surface area (Å²) in [6.07, 6.45) is 0. The summed E-state index contributed by atoms with van der Waals surface area (Å²) in [5.74, 6) is 5.29. The van der Waals surface area contributed by atoms with Gasteiger partial charge in [0.25, 0.3) is 11.8 Å². The molecule has 2 atom stereocenters. The van der Waals surface area contributed by atoms with Crippen LogP contribution < -0.4 is 10.6 Å². The molecule has 0 bridgehead atoms. The van der Waals surface area contributed by atoms with Crippen LogP contribution >= 0.6 is 35.6 Å². The van der Waals surface area contributed by atoms with Gasteiger partial charge in [-0.15, -0.1) is 18.3 Å². The first kappa shape index (κ1) is 32.3. The number of carbonyl (C=O) groups is 2. The van der Waals surface area contributed by atoms with Gasteiger partial charge in [-0.05, 0) is 67.4 Å². The number of nitrogens with two attached hydrogens (primary N) is 1. The molecule has 4 rings (SSSR count).